The Morgan fingerprint density at radius 1 is 1.00 bits per heavy atom. The largest absolute Gasteiger partial charge is 0.463 e. The van der Waals surface area contributed by atoms with E-state index in [1.165, 1.54) is 5.57 Å². The van der Waals surface area contributed by atoms with Crippen molar-refractivity contribution in [2.75, 3.05) is 26.2 Å². The lowest BCUT2D eigenvalue weighted by molar-refractivity contribution is -0.149. The molecule has 162 valence electrons. The SMILES string of the molecule is CCN(CC)CCOC(=O)C1(CC2=CCCC=C2)c2ccccc2Oc2ccccc21. The van der Waals surface area contributed by atoms with Crippen LogP contribution in [0.25, 0.3) is 0 Å². The zero-order valence-electron chi connectivity index (χ0n) is 18.5. The van der Waals surface area contributed by atoms with E-state index >= 15 is 0 Å². The summed E-state index contributed by atoms with van der Waals surface area (Å²) in [4.78, 5) is 16.2. The fourth-order valence-corrected chi connectivity index (χ4v) is 4.60. The Morgan fingerprint density at radius 3 is 2.23 bits per heavy atom. The Kier molecular flexibility index (Phi) is 6.57. The second kappa shape index (κ2) is 9.52. The Morgan fingerprint density at radius 2 is 1.65 bits per heavy atom. The van der Waals surface area contributed by atoms with Crippen molar-refractivity contribution in [3.05, 3.63) is 83.5 Å². The van der Waals surface area contributed by atoms with Crippen LogP contribution in [0.1, 0.15) is 44.2 Å². The van der Waals surface area contributed by atoms with Gasteiger partial charge in [0, 0.05) is 17.7 Å². The number of fused-ring (bicyclic) bond motifs is 2. The van der Waals surface area contributed by atoms with Crippen molar-refractivity contribution in [3.8, 4) is 11.5 Å². The van der Waals surface area contributed by atoms with E-state index in [4.69, 9.17) is 9.47 Å². The van der Waals surface area contributed by atoms with E-state index in [0.717, 1.165) is 55.1 Å². The minimum Gasteiger partial charge on any atom is -0.463 e. The van der Waals surface area contributed by atoms with Crippen LogP contribution in [0, 0.1) is 0 Å². The summed E-state index contributed by atoms with van der Waals surface area (Å²) < 4.78 is 12.2. The van der Waals surface area contributed by atoms with E-state index in [0.29, 0.717) is 13.0 Å². The zero-order valence-corrected chi connectivity index (χ0v) is 18.5. The molecule has 0 bridgehead atoms. The van der Waals surface area contributed by atoms with Gasteiger partial charge in [-0.3, -0.25) is 4.79 Å². The van der Waals surface area contributed by atoms with E-state index in [9.17, 15) is 4.79 Å². The number of hydrogen-bond acceptors (Lipinski definition) is 4. The summed E-state index contributed by atoms with van der Waals surface area (Å²) in [5, 5.41) is 0. The lowest BCUT2D eigenvalue weighted by atomic mass is 9.68. The van der Waals surface area contributed by atoms with E-state index in [1.54, 1.807) is 0 Å². The van der Waals surface area contributed by atoms with Crippen LogP contribution in [0.15, 0.2) is 72.3 Å². The number of ether oxygens (including phenoxy) is 2. The highest BCUT2D eigenvalue weighted by molar-refractivity contribution is 5.91. The first kappa shape index (κ1) is 21.4. The van der Waals surface area contributed by atoms with Gasteiger partial charge in [0.05, 0.1) is 0 Å². The first-order valence-corrected chi connectivity index (χ1v) is 11.3. The molecule has 0 amide bonds. The van der Waals surface area contributed by atoms with Crippen molar-refractivity contribution >= 4 is 5.97 Å². The maximum Gasteiger partial charge on any atom is 0.321 e. The molecule has 1 aliphatic carbocycles. The summed E-state index contributed by atoms with van der Waals surface area (Å²) in [6, 6.07) is 15.7. The van der Waals surface area contributed by atoms with Crippen LogP contribution in [0.3, 0.4) is 0 Å². The molecule has 0 saturated carbocycles. The fourth-order valence-electron chi connectivity index (χ4n) is 4.60. The van der Waals surface area contributed by atoms with Gasteiger partial charge in [0.25, 0.3) is 0 Å². The minimum atomic E-state index is -0.928. The van der Waals surface area contributed by atoms with Crippen LogP contribution in [-0.4, -0.2) is 37.1 Å². The molecular formula is C27H31NO3. The van der Waals surface area contributed by atoms with Crippen LogP contribution in [0.5, 0.6) is 11.5 Å². The van der Waals surface area contributed by atoms with E-state index in [-0.39, 0.29) is 5.97 Å². The highest BCUT2D eigenvalue weighted by Crippen LogP contribution is 2.52. The van der Waals surface area contributed by atoms with Gasteiger partial charge in [-0.05, 0) is 44.5 Å². The first-order valence-electron chi connectivity index (χ1n) is 11.3. The number of esters is 1. The topological polar surface area (TPSA) is 38.8 Å². The molecule has 0 radical (unpaired) electrons. The molecule has 0 saturated heterocycles. The van der Waals surface area contributed by atoms with Gasteiger partial charge in [-0.15, -0.1) is 0 Å². The molecule has 4 heteroatoms. The number of hydrogen-bond donors (Lipinski definition) is 0. The quantitative estimate of drug-likeness (QED) is 0.522. The van der Waals surface area contributed by atoms with Gasteiger partial charge in [-0.1, -0.05) is 74.0 Å². The van der Waals surface area contributed by atoms with Crippen LogP contribution in [0.4, 0.5) is 0 Å². The van der Waals surface area contributed by atoms with Gasteiger partial charge in [0.1, 0.15) is 23.5 Å². The fraction of sp³-hybridized carbons (Fsp3) is 0.370. The number of allylic oxidation sites excluding steroid dienone is 4. The highest BCUT2D eigenvalue weighted by atomic mass is 16.5. The summed E-state index contributed by atoms with van der Waals surface area (Å²) in [5.41, 5.74) is 1.99. The lowest BCUT2D eigenvalue weighted by Crippen LogP contribution is -2.42. The molecule has 2 aromatic rings. The molecule has 0 aromatic heterocycles. The molecule has 0 unspecified atom stereocenters. The predicted molar refractivity (Wildman–Crippen MR) is 124 cm³/mol. The normalized spacial score (nSPS) is 16.2. The van der Waals surface area contributed by atoms with Crippen LogP contribution in [0.2, 0.25) is 0 Å². The van der Waals surface area contributed by atoms with E-state index in [1.807, 2.05) is 48.5 Å². The summed E-state index contributed by atoms with van der Waals surface area (Å²) in [7, 11) is 0. The highest BCUT2D eigenvalue weighted by Gasteiger charge is 2.49. The Balaban J connectivity index is 1.77. The summed E-state index contributed by atoms with van der Waals surface area (Å²) in [5.74, 6) is 1.24. The standard InChI is InChI=1S/C27H31NO3/c1-3-28(4-2)18-19-30-26(29)27(20-21-12-6-5-7-13-21)22-14-8-10-16-24(22)31-25-17-11-9-15-23(25)27/h6,8-17H,3-5,7,18-20H2,1-2H3. The van der Waals surface area contributed by atoms with Gasteiger partial charge in [0.2, 0.25) is 0 Å². The molecule has 1 heterocycles. The third-order valence-electron chi connectivity index (χ3n) is 6.34. The summed E-state index contributed by atoms with van der Waals surface area (Å²) in [6.45, 7) is 7.24. The Labute approximate surface area is 185 Å². The van der Waals surface area contributed by atoms with Crippen molar-refractivity contribution in [1.82, 2.24) is 4.90 Å². The smallest absolute Gasteiger partial charge is 0.321 e. The molecule has 1 aliphatic heterocycles. The Hall–Kier alpha value is -2.85. The van der Waals surface area contributed by atoms with Gasteiger partial charge in [-0.2, -0.15) is 0 Å². The van der Waals surface area contributed by atoms with Gasteiger partial charge < -0.3 is 14.4 Å². The zero-order chi connectivity index (χ0) is 21.7. The maximum atomic E-state index is 13.9. The van der Waals surface area contributed by atoms with E-state index < -0.39 is 5.41 Å². The lowest BCUT2D eigenvalue weighted by Gasteiger charge is -2.39. The molecule has 0 N–H and O–H groups in total. The molecule has 0 atom stereocenters. The van der Waals surface area contributed by atoms with Crippen molar-refractivity contribution in [2.24, 2.45) is 0 Å². The minimum absolute atomic E-state index is 0.206. The van der Waals surface area contributed by atoms with Gasteiger partial charge in [-0.25, -0.2) is 0 Å². The molecule has 2 aromatic carbocycles. The van der Waals surface area contributed by atoms with Crippen molar-refractivity contribution < 1.29 is 14.3 Å². The molecule has 0 fully saturated rings. The maximum absolute atomic E-state index is 13.9. The average molecular weight is 418 g/mol. The number of nitrogens with zero attached hydrogens (tertiary/aromatic N) is 1. The first-order chi connectivity index (χ1) is 15.2. The molecule has 4 rings (SSSR count). The average Bonchev–Trinajstić information content (AvgIpc) is 2.82. The second-order valence-corrected chi connectivity index (χ2v) is 8.10. The second-order valence-electron chi connectivity index (χ2n) is 8.10. The van der Waals surface area contributed by atoms with E-state index in [2.05, 4.69) is 37.0 Å². The van der Waals surface area contributed by atoms with Crippen molar-refractivity contribution in [3.63, 3.8) is 0 Å². The number of para-hydroxylation sites is 2. The van der Waals surface area contributed by atoms with Gasteiger partial charge in [0.15, 0.2) is 0 Å². The number of carbonyl (C=O) groups excluding carboxylic acids is 1. The predicted octanol–water partition coefficient (Wildman–Crippen LogP) is 5.63. The molecule has 2 aliphatic rings. The van der Waals surface area contributed by atoms with Crippen molar-refractivity contribution in [1.29, 1.82) is 0 Å². The summed E-state index contributed by atoms with van der Waals surface area (Å²) in [6.07, 6.45) is 9.18. The monoisotopic (exact) mass is 417 g/mol. The number of carbonyl (C=O) groups is 1. The number of benzene rings is 2. The molecule has 31 heavy (non-hydrogen) atoms. The third-order valence-corrected chi connectivity index (χ3v) is 6.34. The third kappa shape index (κ3) is 4.17. The van der Waals surface area contributed by atoms with Crippen LogP contribution >= 0.6 is 0 Å². The number of rotatable bonds is 8. The van der Waals surface area contributed by atoms with Crippen LogP contribution < -0.4 is 4.74 Å². The molecule has 4 nitrogen and oxygen atoms in total. The molecule has 0 spiro atoms. The Bertz CT molecular complexity index is 942. The van der Waals surface area contributed by atoms with Crippen LogP contribution in [-0.2, 0) is 14.9 Å². The summed E-state index contributed by atoms with van der Waals surface area (Å²) >= 11 is 0. The van der Waals surface area contributed by atoms with Gasteiger partial charge >= 0.3 is 5.97 Å². The molecular weight excluding hydrogens is 386 g/mol. The number of likely N-dealkylation sites (N-methyl/N-ethyl adjacent to an activating group) is 1. The van der Waals surface area contributed by atoms with Crippen molar-refractivity contribution in [2.45, 2.75) is 38.5 Å².